The minimum atomic E-state index is -1.07. The summed E-state index contributed by atoms with van der Waals surface area (Å²) in [6.45, 7) is 1.69. The number of benzene rings is 1. The maximum absolute atomic E-state index is 12.4. The third kappa shape index (κ3) is 5.30. The highest BCUT2D eigenvalue weighted by Gasteiger charge is 2.31. The fraction of sp³-hybridized carbons (Fsp3) is 0.294. The van der Waals surface area contributed by atoms with E-state index in [0.717, 1.165) is 11.8 Å². The Hall–Kier alpha value is -2.39. The molecule has 9 heteroatoms. The maximum Gasteiger partial charge on any atom is 0.344 e. The van der Waals surface area contributed by atoms with Crippen LogP contribution in [0.4, 0.5) is 0 Å². The maximum atomic E-state index is 12.4. The van der Waals surface area contributed by atoms with Crippen molar-refractivity contribution in [2.24, 2.45) is 0 Å². The molecule has 1 aromatic rings. The van der Waals surface area contributed by atoms with E-state index in [4.69, 9.17) is 27.2 Å². The van der Waals surface area contributed by atoms with Crippen LogP contribution in [0.15, 0.2) is 29.2 Å². The van der Waals surface area contributed by atoms with Crippen molar-refractivity contribution in [2.75, 3.05) is 6.54 Å². The van der Waals surface area contributed by atoms with Crippen LogP contribution >= 0.6 is 24.0 Å². The molecule has 1 saturated heterocycles. The van der Waals surface area contributed by atoms with Gasteiger partial charge in [-0.05, 0) is 37.1 Å². The number of thioether (sulfide) groups is 1. The van der Waals surface area contributed by atoms with E-state index in [1.165, 1.54) is 11.8 Å². The zero-order valence-electron chi connectivity index (χ0n) is 13.9. The first kappa shape index (κ1) is 19.9. The Morgan fingerprint density at radius 2 is 2.12 bits per heavy atom. The number of carbonyl (C=O) groups is 3. The first-order chi connectivity index (χ1) is 12.3. The molecule has 1 unspecified atom stereocenters. The standard InChI is InChI=1S/C17H17NO6S2/c1-10(16(22)23)24-12-5-2-4-11(8-12)9-13-15(21)18(17(25)26-13)7-3-6-14(19)20/h2,4-5,8-10H,3,6-7H2,1H3,(H,19,20)(H,22,23)/b13-9-. The van der Waals surface area contributed by atoms with Crippen molar-refractivity contribution in [3.63, 3.8) is 0 Å². The number of carboxylic acid groups (broad SMARTS) is 2. The van der Waals surface area contributed by atoms with Gasteiger partial charge in [0.1, 0.15) is 10.1 Å². The van der Waals surface area contributed by atoms with E-state index in [0.29, 0.717) is 27.0 Å². The summed E-state index contributed by atoms with van der Waals surface area (Å²) >= 11 is 6.34. The number of carboxylic acids is 2. The highest BCUT2D eigenvalue weighted by atomic mass is 32.2. The summed E-state index contributed by atoms with van der Waals surface area (Å²) in [5, 5.41) is 17.6. The van der Waals surface area contributed by atoms with Gasteiger partial charge in [-0.3, -0.25) is 14.5 Å². The average Bonchev–Trinajstić information content (AvgIpc) is 2.82. The summed E-state index contributed by atoms with van der Waals surface area (Å²) in [6, 6.07) is 6.73. The molecule has 1 fully saturated rings. The van der Waals surface area contributed by atoms with Crippen LogP contribution in [-0.2, 0) is 14.4 Å². The molecule has 1 amide bonds. The number of nitrogens with zero attached hydrogens (tertiary/aromatic N) is 1. The number of ether oxygens (including phenoxy) is 1. The number of thiocarbonyl (C=S) groups is 1. The molecule has 0 radical (unpaired) electrons. The van der Waals surface area contributed by atoms with E-state index in [2.05, 4.69) is 0 Å². The largest absolute Gasteiger partial charge is 0.481 e. The molecule has 0 aromatic heterocycles. The van der Waals surface area contributed by atoms with Crippen LogP contribution in [0.25, 0.3) is 6.08 Å². The summed E-state index contributed by atoms with van der Waals surface area (Å²) in [5.41, 5.74) is 0.672. The van der Waals surface area contributed by atoms with Gasteiger partial charge in [-0.15, -0.1) is 0 Å². The number of amides is 1. The third-order valence-electron chi connectivity index (χ3n) is 3.46. The molecule has 0 aliphatic carbocycles. The van der Waals surface area contributed by atoms with E-state index in [9.17, 15) is 14.4 Å². The fourth-order valence-electron chi connectivity index (χ4n) is 2.16. The second-order valence-corrected chi connectivity index (χ2v) is 7.18. The van der Waals surface area contributed by atoms with Gasteiger partial charge in [-0.25, -0.2) is 4.79 Å². The lowest BCUT2D eigenvalue weighted by Crippen LogP contribution is -2.29. The van der Waals surface area contributed by atoms with Crippen LogP contribution < -0.4 is 4.74 Å². The van der Waals surface area contributed by atoms with Crippen molar-refractivity contribution in [3.8, 4) is 5.75 Å². The Balaban J connectivity index is 2.09. The molecule has 2 rings (SSSR count). The molecular weight excluding hydrogens is 378 g/mol. The Morgan fingerprint density at radius 3 is 2.77 bits per heavy atom. The van der Waals surface area contributed by atoms with E-state index in [1.807, 2.05) is 0 Å². The topological polar surface area (TPSA) is 104 Å². The molecule has 0 bridgehead atoms. The smallest absolute Gasteiger partial charge is 0.344 e. The summed E-state index contributed by atoms with van der Waals surface area (Å²) in [7, 11) is 0. The Labute approximate surface area is 159 Å². The number of aliphatic carboxylic acids is 2. The van der Waals surface area contributed by atoms with Crippen LogP contribution in [0.3, 0.4) is 0 Å². The molecule has 2 N–H and O–H groups in total. The first-order valence-corrected chi connectivity index (χ1v) is 8.97. The monoisotopic (exact) mass is 395 g/mol. The summed E-state index contributed by atoms with van der Waals surface area (Å²) in [5.74, 6) is -1.88. The van der Waals surface area contributed by atoms with Crippen molar-refractivity contribution in [1.82, 2.24) is 4.90 Å². The SMILES string of the molecule is CC(Oc1cccc(/C=C2\SC(=S)N(CCCC(=O)O)C2=O)c1)C(=O)O. The van der Waals surface area contributed by atoms with Crippen molar-refractivity contribution >= 4 is 52.2 Å². The summed E-state index contributed by atoms with van der Waals surface area (Å²) in [6.07, 6.45) is 0.954. The molecule has 1 heterocycles. The van der Waals surface area contributed by atoms with Gasteiger partial charge < -0.3 is 14.9 Å². The van der Waals surface area contributed by atoms with Gasteiger partial charge in [0.15, 0.2) is 6.10 Å². The lowest BCUT2D eigenvalue weighted by Gasteiger charge is -2.13. The Bertz CT molecular complexity index is 776. The molecule has 1 aromatic carbocycles. The average molecular weight is 395 g/mol. The van der Waals surface area contributed by atoms with E-state index >= 15 is 0 Å². The van der Waals surface area contributed by atoms with Gasteiger partial charge in [-0.1, -0.05) is 36.1 Å². The van der Waals surface area contributed by atoms with E-state index in [1.54, 1.807) is 30.3 Å². The van der Waals surface area contributed by atoms with Gasteiger partial charge in [0.2, 0.25) is 0 Å². The van der Waals surface area contributed by atoms with Crippen molar-refractivity contribution in [1.29, 1.82) is 0 Å². The van der Waals surface area contributed by atoms with Crippen molar-refractivity contribution in [3.05, 3.63) is 34.7 Å². The minimum absolute atomic E-state index is 0.0305. The highest BCUT2D eigenvalue weighted by molar-refractivity contribution is 8.26. The molecule has 7 nitrogen and oxygen atoms in total. The van der Waals surface area contributed by atoms with Crippen molar-refractivity contribution < 1.29 is 29.3 Å². The second-order valence-electron chi connectivity index (χ2n) is 5.50. The molecule has 0 spiro atoms. The number of hydrogen-bond donors (Lipinski definition) is 2. The highest BCUT2D eigenvalue weighted by Crippen LogP contribution is 2.33. The van der Waals surface area contributed by atoms with Gasteiger partial charge >= 0.3 is 11.9 Å². The van der Waals surface area contributed by atoms with Crippen LogP contribution in [-0.4, -0.2) is 49.9 Å². The van der Waals surface area contributed by atoms with Crippen LogP contribution in [0.2, 0.25) is 0 Å². The van der Waals surface area contributed by atoms with Gasteiger partial charge in [0, 0.05) is 13.0 Å². The Kier molecular flexibility index (Phi) is 6.76. The van der Waals surface area contributed by atoms with Gasteiger partial charge in [0.25, 0.3) is 5.91 Å². The van der Waals surface area contributed by atoms with Gasteiger partial charge in [-0.2, -0.15) is 0 Å². The predicted octanol–water partition coefficient (Wildman–Crippen LogP) is 2.60. The molecule has 1 aliphatic rings. The third-order valence-corrected chi connectivity index (χ3v) is 4.84. The van der Waals surface area contributed by atoms with Crippen molar-refractivity contribution in [2.45, 2.75) is 25.9 Å². The van der Waals surface area contributed by atoms with Crippen LogP contribution in [0, 0.1) is 0 Å². The lowest BCUT2D eigenvalue weighted by atomic mass is 10.2. The number of carbonyl (C=O) groups excluding carboxylic acids is 1. The summed E-state index contributed by atoms with van der Waals surface area (Å²) in [4.78, 5) is 35.7. The number of rotatable bonds is 8. The summed E-state index contributed by atoms with van der Waals surface area (Å²) < 4.78 is 5.70. The normalized spacial score (nSPS) is 16.8. The lowest BCUT2D eigenvalue weighted by molar-refractivity contribution is -0.144. The quantitative estimate of drug-likeness (QED) is 0.511. The predicted molar refractivity (Wildman–Crippen MR) is 101 cm³/mol. The van der Waals surface area contributed by atoms with Crippen LogP contribution in [0.1, 0.15) is 25.3 Å². The number of hydrogen-bond acceptors (Lipinski definition) is 6. The Morgan fingerprint density at radius 1 is 1.38 bits per heavy atom. The van der Waals surface area contributed by atoms with E-state index < -0.39 is 18.0 Å². The molecule has 1 atom stereocenters. The van der Waals surface area contributed by atoms with Gasteiger partial charge in [0.05, 0.1) is 4.91 Å². The molecule has 26 heavy (non-hydrogen) atoms. The fourth-order valence-corrected chi connectivity index (χ4v) is 3.47. The molecule has 0 saturated carbocycles. The zero-order valence-corrected chi connectivity index (χ0v) is 15.5. The van der Waals surface area contributed by atoms with Crippen LogP contribution in [0.5, 0.6) is 5.75 Å². The first-order valence-electron chi connectivity index (χ1n) is 7.74. The zero-order chi connectivity index (χ0) is 19.3. The second kappa shape index (κ2) is 8.81. The molecular formula is C17H17NO6S2. The van der Waals surface area contributed by atoms with E-state index in [-0.39, 0.29) is 18.9 Å². The molecule has 138 valence electrons. The molecule has 1 aliphatic heterocycles. The minimum Gasteiger partial charge on any atom is -0.481 e.